The van der Waals surface area contributed by atoms with Gasteiger partial charge in [-0.15, -0.1) is 0 Å². The lowest BCUT2D eigenvalue weighted by Gasteiger charge is -2.26. The molecule has 0 unspecified atom stereocenters. The van der Waals surface area contributed by atoms with Crippen molar-refractivity contribution in [1.29, 1.82) is 0 Å². The normalized spacial score (nSPS) is 15.8. The number of nitrogens with zero attached hydrogens (tertiary/aromatic N) is 3. The Bertz CT molecular complexity index is 732. The molecule has 0 atom stereocenters. The topological polar surface area (TPSA) is 71.3 Å². The van der Waals surface area contributed by atoms with Gasteiger partial charge in [0.1, 0.15) is 0 Å². The quantitative estimate of drug-likeness (QED) is 0.815. The van der Waals surface area contributed by atoms with E-state index in [1.54, 1.807) is 0 Å². The lowest BCUT2D eigenvalue weighted by atomic mass is 10.0. The van der Waals surface area contributed by atoms with Gasteiger partial charge in [0.05, 0.1) is 16.6 Å². The van der Waals surface area contributed by atoms with Crippen molar-refractivity contribution < 1.29 is 9.32 Å². The third kappa shape index (κ3) is 4.18. The van der Waals surface area contributed by atoms with E-state index in [-0.39, 0.29) is 11.8 Å². The van der Waals surface area contributed by atoms with E-state index in [1.165, 1.54) is 32.4 Å². The molecule has 0 spiro atoms. The summed E-state index contributed by atoms with van der Waals surface area (Å²) in [6.07, 6.45) is 4.92. The molecule has 136 valence electrons. The predicted octanol–water partition coefficient (Wildman–Crippen LogP) is 3.26. The van der Waals surface area contributed by atoms with Gasteiger partial charge in [0.15, 0.2) is 0 Å². The van der Waals surface area contributed by atoms with Gasteiger partial charge >= 0.3 is 0 Å². The van der Waals surface area contributed by atoms with Gasteiger partial charge in [0, 0.05) is 12.2 Å². The Kier molecular flexibility index (Phi) is 5.68. The van der Waals surface area contributed by atoms with Crippen LogP contribution in [0.5, 0.6) is 0 Å². The van der Waals surface area contributed by atoms with Crippen LogP contribution in [-0.2, 0) is 0 Å². The van der Waals surface area contributed by atoms with E-state index in [4.69, 9.17) is 4.52 Å². The van der Waals surface area contributed by atoms with E-state index in [1.807, 2.05) is 13.0 Å². The van der Waals surface area contributed by atoms with Gasteiger partial charge in [-0.25, -0.2) is 4.98 Å². The van der Waals surface area contributed by atoms with Crippen LogP contribution in [0.3, 0.4) is 0 Å². The van der Waals surface area contributed by atoms with Crippen molar-refractivity contribution in [3.63, 3.8) is 0 Å². The van der Waals surface area contributed by atoms with Crippen LogP contribution in [0.15, 0.2) is 10.6 Å². The summed E-state index contributed by atoms with van der Waals surface area (Å²) < 4.78 is 5.29. The van der Waals surface area contributed by atoms with E-state index in [9.17, 15) is 4.79 Å². The fraction of sp³-hybridized carbons (Fsp3) is 0.632. The zero-order chi connectivity index (χ0) is 17.8. The highest BCUT2D eigenvalue weighted by atomic mass is 16.5. The van der Waals surface area contributed by atoms with Crippen molar-refractivity contribution in [2.24, 2.45) is 0 Å². The number of rotatable bonds is 6. The molecule has 0 aromatic carbocycles. The van der Waals surface area contributed by atoms with Crippen LogP contribution < -0.4 is 5.32 Å². The third-order valence-electron chi connectivity index (χ3n) is 4.86. The van der Waals surface area contributed by atoms with Gasteiger partial charge in [0.2, 0.25) is 0 Å². The zero-order valence-corrected chi connectivity index (χ0v) is 15.5. The molecule has 0 saturated carbocycles. The molecule has 1 aliphatic rings. The van der Waals surface area contributed by atoms with Crippen molar-refractivity contribution in [2.45, 2.75) is 52.4 Å². The summed E-state index contributed by atoms with van der Waals surface area (Å²) in [5.41, 5.74) is 2.62. The maximum atomic E-state index is 12.7. The van der Waals surface area contributed by atoms with E-state index in [2.05, 4.69) is 34.2 Å². The highest BCUT2D eigenvalue weighted by Crippen LogP contribution is 2.25. The lowest BCUT2D eigenvalue weighted by molar-refractivity contribution is 0.0952. The molecular weight excluding hydrogens is 316 g/mol. The van der Waals surface area contributed by atoms with Gasteiger partial charge in [-0.05, 0) is 57.8 Å². The molecule has 1 amide bonds. The molecule has 0 bridgehead atoms. The first kappa shape index (κ1) is 17.9. The number of likely N-dealkylation sites (tertiary alicyclic amines) is 1. The molecule has 3 rings (SSSR count). The third-order valence-corrected chi connectivity index (χ3v) is 4.86. The van der Waals surface area contributed by atoms with Crippen LogP contribution in [0, 0.1) is 6.92 Å². The number of carbonyl (C=O) groups is 1. The Morgan fingerprint density at radius 2 is 2.08 bits per heavy atom. The molecule has 1 fully saturated rings. The maximum absolute atomic E-state index is 12.7. The number of aromatic nitrogens is 2. The second-order valence-electron chi connectivity index (χ2n) is 7.21. The summed E-state index contributed by atoms with van der Waals surface area (Å²) in [6.45, 7) is 10.1. The van der Waals surface area contributed by atoms with Crippen LogP contribution in [0.1, 0.15) is 67.2 Å². The number of aryl methyl sites for hydroxylation is 1. The largest absolute Gasteiger partial charge is 0.352 e. The summed E-state index contributed by atoms with van der Waals surface area (Å²) in [4.78, 5) is 19.7. The first-order chi connectivity index (χ1) is 12.1. The van der Waals surface area contributed by atoms with Crippen molar-refractivity contribution >= 4 is 17.0 Å². The summed E-state index contributed by atoms with van der Waals surface area (Å²) in [5, 5.41) is 7.74. The van der Waals surface area contributed by atoms with Crippen molar-refractivity contribution in [3.05, 3.63) is 23.0 Å². The van der Waals surface area contributed by atoms with Crippen LogP contribution >= 0.6 is 0 Å². The molecular formula is C19H28N4O2. The number of amides is 1. The summed E-state index contributed by atoms with van der Waals surface area (Å²) >= 11 is 0. The Labute approximate surface area is 149 Å². The fourth-order valence-electron chi connectivity index (χ4n) is 3.37. The number of hydrogen-bond donors (Lipinski definition) is 1. The van der Waals surface area contributed by atoms with Gasteiger partial charge in [-0.3, -0.25) is 4.79 Å². The Balaban J connectivity index is 1.65. The maximum Gasteiger partial charge on any atom is 0.259 e. The number of hydrogen-bond acceptors (Lipinski definition) is 5. The minimum atomic E-state index is -0.0701. The molecule has 3 heterocycles. The molecule has 25 heavy (non-hydrogen) atoms. The molecule has 6 heteroatoms. The first-order valence-corrected chi connectivity index (χ1v) is 9.33. The second-order valence-corrected chi connectivity index (χ2v) is 7.21. The average molecular weight is 344 g/mol. The highest BCUT2D eigenvalue weighted by Gasteiger charge is 2.19. The highest BCUT2D eigenvalue weighted by molar-refractivity contribution is 6.06. The fourth-order valence-corrected chi connectivity index (χ4v) is 3.37. The van der Waals surface area contributed by atoms with E-state index >= 15 is 0 Å². The van der Waals surface area contributed by atoms with Crippen LogP contribution in [-0.4, -0.2) is 47.1 Å². The van der Waals surface area contributed by atoms with Crippen LogP contribution in [0.2, 0.25) is 0 Å². The Morgan fingerprint density at radius 3 is 2.80 bits per heavy atom. The Hall–Kier alpha value is -1.95. The standard InChI is InChI=1S/C19H28N4O2/c1-13(2)16-12-15(17-14(3)22-25-19(17)21-16)18(24)20-8-7-11-23-9-5-4-6-10-23/h12-13H,4-11H2,1-3H3,(H,20,24). The van der Waals surface area contributed by atoms with Gasteiger partial charge in [-0.2, -0.15) is 0 Å². The summed E-state index contributed by atoms with van der Waals surface area (Å²) in [7, 11) is 0. The number of fused-ring (bicyclic) bond motifs is 1. The van der Waals surface area contributed by atoms with Gasteiger partial charge in [0.25, 0.3) is 11.6 Å². The van der Waals surface area contributed by atoms with Gasteiger partial charge < -0.3 is 14.7 Å². The molecule has 0 radical (unpaired) electrons. The monoisotopic (exact) mass is 344 g/mol. The van der Waals surface area contributed by atoms with Crippen LogP contribution in [0.25, 0.3) is 11.1 Å². The summed E-state index contributed by atoms with van der Waals surface area (Å²) in [5.74, 6) is 0.153. The molecule has 1 aliphatic heterocycles. The number of piperidine rings is 1. The SMILES string of the molecule is Cc1noc2nc(C(C)C)cc(C(=O)NCCCN3CCCCC3)c12. The molecule has 2 aromatic heterocycles. The first-order valence-electron chi connectivity index (χ1n) is 9.33. The number of pyridine rings is 1. The smallest absolute Gasteiger partial charge is 0.259 e. The number of nitrogens with one attached hydrogen (secondary N) is 1. The van der Waals surface area contributed by atoms with E-state index in [0.717, 1.165) is 24.0 Å². The molecule has 1 N–H and O–H groups in total. The van der Waals surface area contributed by atoms with Crippen molar-refractivity contribution in [2.75, 3.05) is 26.2 Å². The van der Waals surface area contributed by atoms with Crippen molar-refractivity contribution in [1.82, 2.24) is 20.4 Å². The zero-order valence-electron chi connectivity index (χ0n) is 15.5. The second kappa shape index (κ2) is 7.95. The van der Waals surface area contributed by atoms with Gasteiger partial charge in [-0.1, -0.05) is 25.4 Å². The average Bonchev–Trinajstić information content (AvgIpc) is 3.00. The summed E-state index contributed by atoms with van der Waals surface area (Å²) in [6, 6.07) is 1.87. The minimum absolute atomic E-state index is 0.0701. The molecule has 2 aromatic rings. The molecule has 0 aliphatic carbocycles. The Morgan fingerprint density at radius 1 is 1.32 bits per heavy atom. The van der Waals surface area contributed by atoms with Crippen molar-refractivity contribution in [3.8, 4) is 0 Å². The van der Waals surface area contributed by atoms with E-state index < -0.39 is 0 Å². The van der Waals surface area contributed by atoms with Crippen LogP contribution in [0.4, 0.5) is 0 Å². The predicted molar refractivity (Wildman–Crippen MR) is 97.9 cm³/mol. The lowest BCUT2D eigenvalue weighted by Crippen LogP contribution is -2.33. The number of carbonyl (C=O) groups excluding carboxylic acids is 1. The minimum Gasteiger partial charge on any atom is -0.352 e. The molecule has 1 saturated heterocycles. The molecule has 6 nitrogen and oxygen atoms in total. The van der Waals surface area contributed by atoms with E-state index in [0.29, 0.717) is 23.5 Å².